The molecule has 2 aliphatic heterocycles. The summed E-state index contributed by atoms with van der Waals surface area (Å²) in [6.45, 7) is 18.2. The lowest BCUT2D eigenvalue weighted by Crippen LogP contribution is -2.74. The normalized spacial score (nSPS) is 27.7. The van der Waals surface area contributed by atoms with E-state index in [0.29, 0.717) is 6.04 Å². The van der Waals surface area contributed by atoms with Crippen molar-refractivity contribution in [2.75, 3.05) is 13.2 Å². The van der Waals surface area contributed by atoms with Gasteiger partial charge < -0.3 is 23.7 Å². The lowest BCUT2D eigenvalue weighted by atomic mass is 9.84. The third-order valence-electron chi connectivity index (χ3n) is 8.33. The fraction of sp³-hybridized carbons (Fsp3) is 0.581. The highest BCUT2D eigenvalue weighted by atomic mass is 28.4. The Kier molecular flexibility index (Phi) is 9.05. The first-order valence-electron chi connectivity index (χ1n) is 14.3. The average Bonchev–Trinajstić information content (AvgIpc) is 2.88. The second-order valence-corrected chi connectivity index (χ2v) is 24.3. The number of carbonyl (C=O) groups is 1. The van der Waals surface area contributed by atoms with E-state index >= 15 is 0 Å². The third-order valence-corrected chi connectivity index (χ3v) is 14.5. The first-order valence-corrected chi connectivity index (χ1v) is 20.9. The zero-order chi connectivity index (χ0) is 29.3. The molecule has 2 heterocycles. The van der Waals surface area contributed by atoms with Crippen molar-refractivity contribution in [2.24, 2.45) is 0 Å². The highest BCUT2D eigenvalue weighted by Crippen LogP contribution is 2.46. The number of β-amino-alcohol motifs (C(OH)–C–C–N with tert-alkyl or cyclic N) is 1. The summed E-state index contributed by atoms with van der Waals surface area (Å²) >= 11 is 0. The lowest BCUT2D eigenvalue weighted by molar-refractivity contribution is -0.294. The molecule has 220 valence electrons. The quantitative estimate of drug-likeness (QED) is 0.370. The van der Waals surface area contributed by atoms with E-state index in [4.69, 9.17) is 18.6 Å². The van der Waals surface area contributed by atoms with Crippen LogP contribution in [0.1, 0.15) is 38.2 Å². The Labute approximate surface area is 241 Å². The number of rotatable bonds is 7. The molecule has 2 aliphatic rings. The van der Waals surface area contributed by atoms with Gasteiger partial charge in [-0.3, -0.25) is 4.90 Å². The second kappa shape index (κ2) is 11.7. The molecule has 2 aromatic carbocycles. The number of hydrogen-bond donors (Lipinski definition) is 1. The maximum Gasteiger partial charge on any atom is 0.410 e. The number of likely N-dealkylation sites (tertiary alicyclic amines) is 1. The first-order chi connectivity index (χ1) is 18.6. The molecule has 0 aromatic heterocycles. The minimum absolute atomic E-state index is 0.0711. The molecule has 0 spiro atoms. The largest absolute Gasteiger partial charge is 0.445 e. The monoisotopic (exact) mass is 585 g/mol. The van der Waals surface area contributed by atoms with Crippen molar-refractivity contribution in [2.45, 2.75) is 101 Å². The Morgan fingerprint density at radius 1 is 1.02 bits per heavy atom. The third kappa shape index (κ3) is 7.06. The topological polar surface area (TPSA) is 77.5 Å². The van der Waals surface area contributed by atoms with Crippen molar-refractivity contribution < 1.29 is 28.5 Å². The molecule has 2 aromatic rings. The van der Waals surface area contributed by atoms with Gasteiger partial charge in [-0.25, -0.2) is 4.79 Å². The number of aliphatic hydroxyl groups is 1. The van der Waals surface area contributed by atoms with Crippen LogP contribution in [-0.2, 0) is 25.2 Å². The molecule has 4 rings (SSSR count). The van der Waals surface area contributed by atoms with Crippen molar-refractivity contribution in [1.82, 2.24) is 4.90 Å². The van der Waals surface area contributed by atoms with Gasteiger partial charge in [-0.2, -0.15) is 0 Å². The number of benzene rings is 2. The Morgan fingerprint density at radius 3 is 2.20 bits per heavy atom. The van der Waals surface area contributed by atoms with Crippen molar-refractivity contribution in [1.29, 1.82) is 0 Å². The number of hydrogen-bond acceptors (Lipinski definition) is 6. The average molecular weight is 586 g/mol. The predicted molar refractivity (Wildman–Crippen MR) is 162 cm³/mol. The minimum atomic E-state index is -2.34. The molecule has 2 saturated heterocycles. The Balaban J connectivity index is 1.71. The van der Waals surface area contributed by atoms with E-state index in [9.17, 15) is 9.90 Å². The molecule has 7 nitrogen and oxygen atoms in total. The standard InChI is InChI=1S/C31H47NO6Si2/c1-30(2,3)40(7,8)38-27-26-25(20-35-28(37-26)24-17-13-10-14-18-24)32(21-31(27,34)22-39(4,5)6)29(33)36-19-23-15-11-9-12-16-23/h9-18,25-28,34H,19-22H2,1-8H3/t25-,26-,27+,28-,31-/m1/s1. The minimum Gasteiger partial charge on any atom is -0.445 e. The Morgan fingerprint density at radius 2 is 1.62 bits per heavy atom. The summed E-state index contributed by atoms with van der Waals surface area (Å²) in [5, 5.41) is 12.5. The summed E-state index contributed by atoms with van der Waals surface area (Å²) in [4.78, 5) is 15.3. The van der Waals surface area contributed by atoms with Gasteiger partial charge in [-0.05, 0) is 29.7 Å². The summed E-state index contributed by atoms with van der Waals surface area (Å²) in [5.74, 6) is 0. The molecule has 0 radical (unpaired) electrons. The van der Waals surface area contributed by atoms with Crippen LogP contribution in [0, 0.1) is 0 Å². The summed E-state index contributed by atoms with van der Waals surface area (Å²) < 4.78 is 25.7. The van der Waals surface area contributed by atoms with Crippen LogP contribution in [-0.4, -0.2) is 69.5 Å². The number of nitrogens with zero attached hydrogens (tertiary/aromatic N) is 1. The fourth-order valence-electron chi connectivity index (χ4n) is 5.43. The van der Waals surface area contributed by atoms with E-state index in [-0.39, 0.29) is 24.8 Å². The van der Waals surface area contributed by atoms with Crippen LogP contribution in [0.15, 0.2) is 60.7 Å². The van der Waals surface area contributed by atoms with Gasteiger partial charge in [0.25, 0.3) is 0 Å². The van der Waals surface area contributed by atoms with Crippen LogP contribution in [0.25, 0.3) is 0 Å². The molecule has 0 saturated carbocycles. The van der Waals surface area contributed by atoms with Crippen LogP contribution < -0.4 is 0 Å². The molecule has 40 heavy (non-hydrogen) atoms. The van der Waals surface area contributed by atoms with Gasteiger partial charge in [0.1, 0.15) is 24.4 Å². The van der Waals surface area contributed by atoms with E-state index < -0.39 is 52.6 Å². The van der Waals surface area contributed by atoms with Gasteiger partial charge in [0.15, 0.2) is 14.6 Å². The van der Waals surface area contributed by atoms with Crippen molar-refractivity contribution in [3.63, 3.8) is 0 Å². The molecule has 2 fully saturated rings. The van der Waals surface area contributed by atoms with Gasteiger partial charge in [0, 0.05) is 13.6 Å². The Hall–Kier alpha value is -2.02. The van der Waals surface area contributed by atoms with E-state index in [1.54, 1.807) is 4.90 Å². The molecule has 0 bridgehead atoms. The molecule has 5 atom stereocenters. The zero-order valence-electron chi connectivity index (χ0n) is 25.3. The highest BCUT2D eigenvalue weighted by Gasteiger charge is 2.60. The molecular weight excluding hydrogens is 539 g/mol. The lowest BCUT2D eigenvalue weighted by Gasteiger charge is -2.57. The maximum atomic E-state index is 13.6. The van der Waals surface area contributed by atoms with E-state index in [0.717, 1.165) is 11.1 Å². The van der Waals surface area contributed by atoms with Gasteiger partial charge in [0.2, 0.25) is 0 Å². The number of carbonyl (C=O) groups excluding carboxylic acids is 1. The molecule has 0 aliphatic carbocycles. The molecule has 0 unspecified atom stereocenters. The van der Waals surface area contributed by atoms with Gasteiger partial charge >= 0.3 is 6.09 Å². The van der Waals surface area contributed by atoms with Gasteiger partial charge in [0.05, 0.1) is 19.2 Å². The van der Waals surface area contributed by atoms with Crippen molar-refractivity contribution >= 4 is 22.5 Å². The van der Waals surface area contributed by atoms with Gasteiger partial charge in [-0.15, -0.1) is 0 Å². The number of piperidine rings is 1. The van der Waals surface area contributed by atoms with Crippen LogP contribution in [0.5, 0.6) is 0 Å². The maximum absolute atomic E-state index is 13.6. The second-order valence-electron chi connectivity index (χ2n) is 14.1. The molecule has 1 N–H and O–H groups in total. The summed E-state index contributed by atoms with van der Waals surface area (Å²) in [6, 6.07) is 19.5. The van der Waals surface area contributed by atoms with Gasteiger partial charge in [-0.1, -0.05) is 101 Å². The molecule has 1 amide bonds. The zero-order valence-corrected chi connectivity index (χ0v) is 27.3. The SMILES string of the molecule is CC(C)(C)[Si](C)(C)O[C@H]1[C@@H]2O[C@H](c3ccccc3)OC[C@H]2N(C(=O)OCc2ccccc2)C[C@@]1(O)C[Si](C)(C)C. The van der Waals surface area contributed by atoms with Crippen LogP contribution >= 0.6 is 0 Å². The first kappa shape index (κ1) is 30.9. The van der Waals surface area contributed by atoms with Crippen LogP contribution in [0.4, 0.5) is 4.79 Å². The summed E-state index contributed by atoms with van der Waals surface area (Å²) in [5.41, 5.74) is 0.497. The molecule has 9 heteroatoms. The summed E-state index contributed by atoms with van der Waals surface area (Å²) in [6.07, 6.45) is -2.31. The fourth-order valence-corrected chi connectivity index (χ4v) is 8.93. The number of fused-ring (bicyclic) bond motifs is 1. The van der Waals surface area contributed by atoms with Crippen LogP contribution in [0.2, 0.25) is 43.8 Å². The van der Waals surface area contributed by atoms with Crippen molar-refractivity contribution in [3.8, 4) is 0 Å². The smallest absolute Gasteiger partial charge is 0.410 e. The van der Waals surface area contributed by atoms with Crippen molar-refractivity contribution in [3.05, 3.63) is 71.8 Å². The Bertz CT molecular complexity index is 1130. The number of amides is 1. The highest BCUT2D eigenvalue weighted by molar-refractivity contribution is 6.76. The van der Waals surface area contributed by atoms with E-state index in [2.05, 4.69) is 53.5 Å². The van der Waals surface area contributed by atoms with E-state index in [1.165, 1.54) is 0 Å². The molecular formula is C31H47NO6Si2. The van der Waals surface area contributed by atoms with E-state index in [1.807, 2.05) is 60.7 Å². The predicted octanol–water partition coefficient (Wildman–Crippen LogP) is 6.58. The number of ether oxygens (including phenoxy) is 3. The summed E-state index contributed by atoms with van der Waals surface area (Å²) in [7, 11) is -4.18. The van der Waals surface area contributed by atoms with Crippen LogP contribution in [0.3, 0.4) is 0 Å².